The first-order chi connectivity index (χ1) is 7.84. The summed E-state index contributed by atoms with van der Waals surface area (Å²) in [7, 11) is -3.45. The molecule has 0 bridgehead atoms. The molecule has 0 amide bonds. The summed E-state index contributed by atoms with van der Waals surface area (Å²) in [4.78, 5) is 10.8. The van der Waals surface area contributed by atoms with Gasteiger partial charge in [-0.05, 0) is 24.6 Å². The molecule has 0 unspecified atom stereocenters. The summed E-state index contributed by atoms with van der Waals surface area (Å²) in [5.41, 5.74) is 0.0926. The zero-order chi connectivity index (χ0) is 13.1. The Bertz CT molecular complexity index is 527. The Balaban J connectivity index is 3.03. The summed E-state index contributed by atoms with van der Waals surface area (Å²) >= 11 is 5.70. The maximum absolute atomic E-state index is 11.5. The van der Waals surface area contributed by atoms with Crippen LogP contribution in [0.1, 0.15) is 23.7 Å². The number of aromatic carboxylic acids is 1. The first kappa shape index (κ1) is 13.8. The van der Waals surface area contributed by atoms with E-state index in [-0.39, 0.29) is 22.0 Å². The van der Waals surface area contributed by atoms with Crippen LogP contribution in [0.5, 0.6) is 0 Å². The van der Waals surface area contributed by atoms with E-state index in [1.807, 2.05) is 0 Å². The summed E-state index contributed by atoms with van der Waals surface area (Å²) < 4.78 is 25.3. The number of anilines is 1. The molecule has 0 aromatic heterocycles. The van der Waals surface area contributed by atoms with Gasteiger partial charge in [0.2, 0.25) is 10.0 Å². The maximum Gasteiger partial charge on any atom is 0.335 e. The summed E-state index contributed by atoms with van der Waals surface area (Å²) in [6, 6.07) is 3.84. The van der Waals surface area contributed by atoms with Crippen LogP contribution in [-0.2, 0) is 10.0 Å². The normalized spacial score (nSPS) is 11.2. The molecule has 1 rings (SSSR count). The highest BCUT2D eigenvalue weighted by atomic mass is 35.5. The SMILES string of the molecule is CCCS(=O)(=O)Nc1cc(Cl)cc(C(=O)O)c1. The second-order valence-corrected chi connectivity index (χ2v) is 5.73. The quantitative estimate of drug-likeness (QED) is 0.864. The van der Waals surface area contributed by atoms with Gasteiger partial charge in [0, 0.05) is 5.02 Å². The molecule has 1 aromatic carbocycles. The van der Waals surface area contributed by atoms with Crippen LogP contribution in [-0.4, -0.2) is 25.2 Å². The first-order valence-electron chi connectivity index (χ1n) is 4.88. The van der Waals surface area contributed by atoms with Gasteiger partial charge < -0.3 is 5.11 Å². The van der Waals surface area contributed by atoms with Crippen molar-refractivity contribution in [3.8, 4) is 0 Å². The van der Waals surface area contributed by atoms with E-state index in [4.69, 9.17) is 16.7 Å². The Hall–Kier alpha value is -1.27. The molecule has 0 aliphatic rings. The largest absolute Gasteiger partial charge is 0.478 e. The van der Waals surface area contributed by atoms with Crippen LogP contribution in [0, 0.1) is 0 Å². The van der Waals surface area contributed by atoms with E-state index in [2.05, 4.69) is 4.72 Å². The van der Waals surface area contributed by atoms with E-state index in [0.717, 1.165) is 0 Å². The number of hydrogen-bond donors (Lipinski definition) is 2. The van der Waals surface area contributed by atoms with Gasteiger partial charge in [0.15, 0.2) is 0 Å². The molecule has 0 aliphatic heterocycles. The molecule has 17 heavy (non-hydrogen) atoms. The third-order valence-electron chi connectivity index (χ3n) is 1.89. The van der Waals surface area contributed by atoms with Crippen molar-refractivity contribution in [3.05, 3.63) is 28.8 Å². The standard InChI is InChI=1S/C10H12ClNO4S/c1-2-3-17(15,16)12-9-5-7(10(13)14)4-8(11)6-9/h4-6,12H,2-3H2,1H3,(H,13,14). The molecule has 7 heteroatoms. The minimum absolute atomic E-state index is 0.0259. The average Bonchev–Trinajstić information content (AvgIpc) is 2.15. The van der Waals surface area contributed by atoms with Crippen LogP contribution in [0.4, 0.5) is 5.69 Å². The molecule has 0 atom stereocenters. The number of sulfonamides is 1. The van der Waals surface area contributed by atoms with Crippen molar-refractivity contribution >= 4 is 33.3 Å². The van der Waals surface area contributed by atoms with Gasteiger partial charge in [0.25, 0.3) is 0 Å². The molecule has 0 aliphatic carbocycles. The zero-order valence-corrected chi connectivity index (χ0v) is 10.7. The van der Waals surface area contributed by atoms with Crippen molar-refractivity contribution in [2.75, 3.05) is 10.5 Å². The van der Waals surface area contributed by atoms with Gasteiger partial charge in [-0.1, -0.05) is 18.5 Å². The summed E-state index contributed by atoms with van der Waals surface area (Å²) in [5, 5.41) is 8.97. The number of nitrogens with one attached hydrogen (secondary N) is 1. The maximum atomic E-state index is 11.5. The second kappa shape index (κ2) is 5.37. The number of halogens is 1. The van der Waals surface area contributed by atoms with E-state index >= 15 is 0 Å². The van der Waals surface area contributed by atoms with Crippen molar-refractivity contribution < 1.29 is 18.3 Å². The van der Waals surface area contributed by atoms with Gasteiger partial charge >= 0.3 is 5.97 Å². The third kappa shape index (κ3) is 4.24. The lowest BCUT2D eigenvalue weighted by atomic mass is 10.2. The van der Waals surface area contributed by atoms with Crippen molar-refractivity contribution in [1.29, 1.82) is 0 Å². The zero-order valence-electron chi connectivity index (χ0n) is 9.10. The van der Waals surface area contributed by atoms with Gasteiger partial charge in [-0.15, -0.1) is 0 Å². The number of carboxylic acid groups (broad SMARTS) is 1. The van der Waals surface area contributed by atoms with E-state index in [0.29, 0.717) is 6.42 Å². The number of carboxylic acids is 1. The highest BCUT2D eigenvalue weighted by Crippen LogP contribution is 2.20. The van der Waals surface area contributed by atoms with E-state index in [1.54, 1.807) is 6.92 Å². The van der Waals surface area contributed by atoms with Gasteiger partial charge in [-0.25, -0.2) is 13.2 Å². The Labute approximate surface area is 104 Å². The predicted octanol–water partition coefficient (Wildman–Crippen LogP) is 2.19. The first-order valence-corrected chi connectivity index (χ1v) is 6.91. The fourth-order valence-electron chi connectivity index (χ4n) is 1.27. The van der Waals surface area contributed by atoms with E-state index in [9.17, 15) is 13.2 Å². The van der Waals surface area contributed by atoms with Crippen molar-refractivity contribution in [2.24, 2.45) is 0 Å². The van der Waals surface area contributed by atoms with Crippen molar-refractivity contribution in [2.45, 2.75) is 13.3 Å². The number of benzene rings is 1. The van der Waals surface area contributed by atoms with Crippen LogP contribution in [0.2, 0.25) is 5.02 Å². The van der Waals surface area contributed by atoms with Crippen LogP contribution in [0.15, 0.2) is 18.2 Å². The predicted molar refractivity (Wildman–Crippen MR) is 66.1 cm³/mol. The molecule has 2 N–H and O–H groups in total. The second-order valence-electron chi connectivity index (χ2n) is 3.45. The monoisotopic (exact) mass is 277 g/mol. The topological polar surface area (TPSA) is 83.5 Å². The smallest absolute Gasteiger partial charge is 0.335 e. The summed E-state index contributed by atoms with van der Waals surface area (Å²) in [5.74, 6) is -1.19. The minimum atomic E-state index is -3.45. The van der Waals surface area contributed by atoms with E-state index in [1.165, 1.54) is 18.2 Å². The lowest BCUT2D eigenvalue weighted by molar-refractivity contribution is 0.0697. The van der Waals surface area contributed by atoms with Gasteiger partial charge in [-0.3, -0.25) is 4.72 Å². The lowest BCUT2D eigenvalue weighted by Crippen LogP contribution is -2.16. The van der Waals surface area contributed by atoms with Crippen LogP contribution in [0.3, 0.4) is 0 Å². The molecule has 0 saturated heterocycles. The minimum Gasteiger partial charge on any atom is -0.478 e. The molecule has 1 aromatic rings. The number of carbonyl (C=O) groups is 1. The van der Waals surface area contributed by atoms with Crippen molar-refractivity contribution in [3.63, 3.8) is 0 Å². The highest BCUT2D eigenvalue weighted by molar-refractivity contribution is 7.92. The Morgan fingerprint density at radius 3 is 2.59 bits per heavy atom. The number of hydrogen-bond acceptors (Lipinski definition) is 3. The van der Waals surface area contributed by atoms with Crippen LogP contribution in [0.25, 0.3) is 0 Å². The molecule has 0 fully saturated rings. The molecule has 0 saturated carbocycles. The highest BCUT2D eigenvalue weighted by Gasteiger charge is 2.12. The Kier molecular flexibility index (Phi) is 4.36. The fraction of sp³-hybridized carbons (Fsp3) is 0.300. The van der Waals surface area contributed by atoms with Gasteiger partial charge in [0.1, 0.15) is 0 Å². The fourth-order valence-corrected chi connectivity index (χ4v) is 2.62. The molecule has 0 radical (unpaired) electrons. The molecular formula is C10H12ClNO4S. The van der Waals surface area contributed by atoms with Crippen LogP contribution >= 0.6 is 11.6 Å². The Morgan fingerprint density at radius 2 is 2.06 bits per heavy atom. The third-order valence-corrected chi connectivity index (χ3v) is 3.60. The molecular weight excluding hydrogens is 266 g/mol. The lowest BCUT2D eigenvalue weighted by Gasteiger charge is -2.08. The molecule has 94 valence electrons. The molecule has 5 nitrogen and oxygen atoms in total. The van der Waals surface area contributed by atoms with Crippen LogP contribution < -0.4 is 4.72 Å². The molecule has 0 heterocycles. The number of rotatable bonds is 5. The summed E-state index contributed by atoms with van der Waals surface area (Å²) in [6.45, 7) is 1.74. The Morgan fingerprint density at radius 1 is 1.41 bits per heavy atom. The average molecular weight is 278 g/mol. The summed E-state index contributed by atoms with van der Waals surface area (Å²) in [6.07, 6.45) is 0.474. The molecule has 0 spiro atoms. The van der Waals surface area contributed by atoms with Gasteiger partial charge in [0.05, 0.1) is 17.0 Å². The van der Waals surface area contributed by atoms with E-state index < -0.39 is 16.0 Å². The van der Waals surface area contributed by atoms with Crippen molar-refractivity contribution in [1.82, 2.24) is 0 Å². The van der Waals surface area contributed by atoms with Gasteiger partial charge in [-0.2, -0.15) is 0 Å².